The molecule has 0 aromatic carbocycles. The van der Waals surface area contributed by atoms with Crippen molar-refractivity contribution in [1.29, 1.82) is 0 Å². The molecule has 2 heterocycles. The first-order valence-corrected chi connectivity index (χ1v) is 9.57. The highest BCUT2D eigenvalue weighted by molar-refractivity contribution is 7.88. The van der Waals surface area contributed by atoms with Gasteiger partial charge >= 0.3 is 0 Å². The lowest BCUT2D eigenvalue weighted by Gasteiger charge is -2.30. The monoisotopic (exact) mass is 334 g/mol. The van der Waals surface area contributed by atoms with Crippen LogP contribution < -0.4 is 0 Å². The molecule has 0 spiro atoms. The van der Waals surface area contributed by atoms with Crippen molar-refractivity contribution in [2.75, 3.05) is 32.9 Å². The van der Waals surface area contributed by atoms with Gasteiger partial charge < -0.3 is 9.84 Å². The smallest absolute Gasteiger partial charge is 0.219 e. The molecule has 1 aromatic rings. The van der Waals surface area contributed by atoms with Gasteiger partial charge in [-0.15, -0.1) is 11.3 Å². The standard InChI is InChI=1S/C13H22N2O4S2/c1-11-14-13(9-20-11)10-21(17,18)15-4-2-12(3-5-15)8-19-7-6-16/h9,12,16H,2-8,10H2,1H3. The topological polar surface area (TPSA) is 79.7 Å². The molecule has 6 nitrogen and oxygen atoms in total. The predicted molar refractivity (Wildman–Crippen MR) is 81.7 cm³/mol. The quantitative estimate of drug-likeness (QED) is 0.753. The van der Waals surface area contributed by atoms with E-state index in [4.69, 9.17) is 9.84 Å². The second kappa shape index (κ2) is 7.64. The third kappa shape index (κ3) is 5.00. The number of ether oxygens (including phenoxy) is 1. The molecule has 1 aliphatic heterocycles. The number of aliphatic hydroxyl groups excluding tert-OH is 1. The number of piperidine rings is 1. The largest absolute Gasteiger partial charge is 0.394 e. The highest BCUT2D eigenvalue weighted by Gasteiger charge is 2.28. The van der Waals surface area contributed by atoms with Crippen LogP contribution in [0.3, 0.4) is 0 Å². The number of aliphatic hydroxyl groups is 1. The molecule has 2 rings (SSSR count). The fourth-order valence-corrected chi connectivity index (χ4v) is 4.61. The van der Waals surface area contributed by atoms with Crippen molar-refractivity contribution in [2.45, 2.75) is 25.5 Å². The molecule has 120 valence electrons. The zero-order valence-corrected chi connectivity index (χ0v) is 13.8. The van der Waals surface area contributed by atoms with Crippen LogP contribution in [0.25, 0.3) is 0 Å². The lowest BCUT2D eigenvalue weighted by Crippen LogP contribution is -2.40. The molecule has 0 bridgehead atoms. The van der Waals surface area contributed by atoms with Crippen LogP contribution in [-0.4, -0.2) is 55.7 Å². The molecule has 0 aliphatic carbocycles. The van der Waals surface area contributed by atoms with Gasteiger partial charge in [0.1, 0.15) is 5.75 Å². The van der Waals surface area contributed by atoms with Crippen LogP contribution in [0.15, 0.2) is 5.38 Å². The maximum Gasteiger partial charge on any atom is 0.219 e. The zero-order chi connectivity index (χ0) is 15.3. The fraction of sp³-hybridized carbons (Fsp3) is 0.769. The molecule has 0 radical (unpaired) electrons. The summed E-state index contributed by atoms with van der Waals surface area (Å²) in [7, 11) is -3.27. The number of hydrogen-bond acceptors (Lipinski definition) is 6. The summed E-state index contributed by atoms with van der Waals surface area (Å²) in [4.78, 5) is 4.22. The SMILES string of the molecule is Cc1nc(CS(=O)(=O)N2CCC(COCCO)CC2)cs1. The number of aromatic nitrogens is 1. The van der Waals surface area contributed by atoms with Crippen molar-refractivity contribution >= 4 is 21.4 Å². The Kier molecular flexibility index (Phi) is 6.12. The second-order valence-electron chi connectivity index (χ2n) is 5.26. The van der Waals surface area contributed by atoms with Crippen molar-refractivity contribution in [2.24, 2.45) is 5.92 Å². The highest BCUT2D eigenvalue weighted by atomic mass is 32.2. The summed E-state index contributed by atoms with van der Waals surface area (Å²) in [6, 6.07) is 0. The summed E-state index contributed by atoms with van der Waals surface area (Å²) in [6.45, 7) is 3.93. The van der Waals surface area contributed by atoms with Crippen molar-refractivity contribution in [3.63, 3.8) is 0 Å². The van der Waals surface area contributed by atoms with E-state index in [9.17, 15) is 8.42 Å². The summed E-state index contributed by atoms with van der Waals surface area (Å²) < 4.78 is 31.6. The van der Waals surface area contributed by atoms with Gasteiger partial charge in [0, 0.05) is 25.1 Å². The van der Waals surface area contributed by atoms with Crippen molar-refractivity contribution in [1.82, 2.24) is 9.29 Å². The summed E-state index contributed by atoms with van der Waals surface area (Å²) in [5.74, 6) is 0.368. The van der Waals surface area contributed by atoms with Gasteiger partial charge in [0.2, 0.25) is 10.0 Å². The maximum absolute atomic E-state index is 12.4. The number of aryl methyl sites for hydroxylation is 1. The van der Waals surface area contributed by atoms with E-state index in [1.165, 1.54) is 11.3 Å². The van der Waals surface area contributed by atoms with Crippen molar-refractivity contribution in [3.8, 4) is 0 Å². The Balaban J connectivity index is 1.83. The Morgan fingerprint density at radius 3 is 2.76 bits per heavy atom. The minimum Gasteiger partial charge on any atom is -0.394 e. The van der Waals surface area contributed by atoms with Gasteiger partial charge in [0.15, 0.2) is 0 Å². The van der Waals surface area contributed by atoms with E-state index in [1.54, 1.807) is 4.31 Å². The van der Waals surface area contributed by atoms with E-state index in [1.807, 2.05) is 12.3 Å². The van der Waals surface area contributed by atoms with Crippen molar-refractivity contribution < 1.29 is 18.3 Å². The Morgan fingerprint density at radius 1 is 1.48 bits per heavy atom. The Bertz CT molecular complexity index is 536. The first kappa shape index (κ1) is 16.8. The van der Waals surface area contributed by atoms with Gasteiger partial charge in [0.25, 0.3) is 0 Å². The van der Waals surface area contributed by atoms with E-state index in [-0.39, 0.29) is 12.4 Å². The first-order chi connectivity index (χ1) is 10.0. The van der Waals surface area contributed by atoms with E-state index < -0.39 is 10.0 Å². The van der Waals surface area contributed by atoms with Crippen LogP contribution in [-0.2, 0) is 20.5 Å². The molecule has 0 amide bonds. The van der Waals surface area contributed by atoms with Crippen LogP contribution in [0.1, 0.15) is 23.5 Å². The molecule has 0 atom stereocenters. The average molecular weight is 334 g/mol. The molecule has 1 aromatic heterocycles. The fourth-order valence-electron chi connectivity index (χ4n) is 2.42. The molecular weight excluding hydrogens is 312 g/mol. The number of nitrogens with zero attached hydrogens (tertiary/aromatic N) is 2. The van der Waals surface area contributed by atoms with Gasteiger partial charge in [0.05, 0.1) is 23.9 Å². The summed E-state index contributed by atoms with van der Waals surface area (Å²) in [6.07, 6.45) is 1.61. The first-order valence-electron chi connectivity index (χ1n) is 7.08. The maximum atomic E-state index is 12.4. The van der Waals surface area contributed by atoms with E-state index in [0.717, 1.165) is 17.8 Å². The molecule has 21 heavy (non-hydrogen) atoms. The molecule has 1 saturated heterocycles. The Labute approximate surface area is 129 Å². The predicted octanol–water partition coefficient (Wildman–Crippen LogP) is 1.00. The minimum atomic E-state index is -3.27. The summed E-state index contributed by atoms with van der Waals surface area (Å²) >= 11 is 1.47. The molecule has 1 aliphatic rings. The number of rotatable bonds is 7. The van der Waals surface area contributed by atoms with E-state index >= 15 is 0 Å². The lowest BCUT2D eigenvalue weighted by molar-refractivity contribution is 0.0544. The molecule has 8 heteroatoms. The van der Waals surface area contributed by atoms with Crippen LogP contribution in [0.2, 0.25) is 0 Å². The number of thiazole rings is 1. The normalized spacial score (nSPS) is 18.2. The number of hydrogen-bond donors (Lipinski definition) is 1. The highest BCUT2D eigenvalue weighted by Crippen LogP contribution is 2.22. The molecular formula is C13H22N2O4S2. The molecule has 0 saturated carbocycles. The summed E-state index contributed by atoms with van der Waals surface area (Å²) in [5, 5.41) is 11.4. The molecule has 1 N–H and O–H groups in total. The Morgan fingerprint density at radius 2 is 2.19 bits per heavy atom. The minimum absolute atomic E-state index is 0.0109. The lowest BCUT2D eigenvalue weighted by atomic mass is 9.99. The van der Waals surface area contributed by atoms with Gasteiger partial charge in [-0.3, -0.25) is 0 Å². The van der Waals surface area contributed by atoms with E-state index in [0.29, 0.717) is 37.9 Å². The van der Waals surface area contributed by atoms with E-state index in [2.05, 4.69) is 4.98 Å². The average Bonchev–Trinajstić information content (AvgIpc) is 2.84. The molecule has 1 fully saturated rings. The third-order valence-electron chi connectivity index (χ3n) is 3.55. The van der Waals surface area contributed by atoms with Crippen LogP contribution in [0.4, 0.5) is 0 Å². The van der Waals surface area contributed by atoms with Crippen LogP contribution >= 0.6 is 11.3 Å². The summed E-state index contributed by atoms with van der Waals surface area (Å²) in [5.41, 5.74) is 0.630. The van der Waals surface area contributed by atoms with Crippen LogP contribution in [0, 0.1) is 12.8 Å². The Hall–Kier alpha value is -0.540. The number of sulfonamides is 1. The molecule has 0 unspecified atom stereocenters. The third-order valence-corrected chi connectivity index (χ3v) is 6.19. The van der Waals surface area contributed by atoms with Crippen molar-refractivity contribution in [3.05, 3.63) is 16.1 Å². The zero-order valence-electron chi connectivity index (χ0n) is 12.2. The van der Waals surface area contributed by atoms with Gasteiger partial charge in [-0.05, 0) is 25.7 Å². The van der Waals surface area contributed by atoms with Gasteiger partial charge in [-0.2, -0.15) is 0 Å². The van der Waals surface area contributed by atoms with Gasteiger partial charge in [-0.1, -0.05) is 0 Å². The van der Waals surface area contributed by atoms with Gasteiger partial charge in [-0.25, -0.2) is 17.7 Å². The van der Waals surface area contributed by atoms with Crippen LogP contribution in [0.5, 0.6) is 0 Å². The second-order valence-corrected chi connectivity index (χ2v) is 8.29.